The van der Waals surface area contributed by atoms with E-state index in [9.17, 15) is 4.79 Å². The molecule has 0 radical (unpaired) electrons. The number of carbonyl (C=O) groups is 1. The number of ether oxygens (including phenoxy) is 1. The van der Waals surface area contributed by atoms with E-state index in [1.54, 1.807) is 24.5 Å². The van der Waals surface area contributed by atoms with Gasteiger partial charge in [-0.25, -0.2) is 0 Å². The predicted molar refractivity (Wildman–Crippen MR) is 90.5 cm³/mol. The van der Waals surface area contributed by atoms with Gasteiger partial charge in [-0.1, -0.05) is 23.4 Å². The van der Waals surface area contributed by atoms with Gasteiger partial charge in [-0.2, -0.15) is 4.98 Å². The van der Waals surface area contributed by atoms with Crippen molar-refractivity contribution >= 4 is 5.91 Å². The SMILES string of the molecule is O=C(CCCOc1ccccc1)NCc1nc(-c2ccncc2)no1. The Morgan fingerprint density at radius 2 is 1.92 bits per heavy atom. The van der Waals surface area contributed by atoms with E-state index in [1.165, 1.54) is 0 Å². The van der Waals surface area contributed by atoms with Gasteiger partial charge >= 0.3 is 0 Å². The average Bonchev–Trinajstić information content (AvgIpc) is 3.14. The van der Waals surface area contributed by atoms with E-state index in [4.69, 9.17) is 9.26 Å². The second kappa shape index (κ2) is 8.58. The van der Waals surface area contributed by atoms with Gasteiger partial charge in [0.25, 0.3) is 0 Å². The van der Waals surface area contributed by atoms with Crippen molar-refractivity contribution in [3.8, 4) is 17.1 Å². The van der Waals surface area contributed by atoms with E-state index in [-0.39, 0.29) is 12.5 Å². The largest absolute Gasteiger partial charge is 0.494 e. The van der Waals surface area contributed by atoms with E-state index >= 15 is 0 Å². The normalized spacial score (nSPS) is 10.4. The molecule has 1 amide bonds. The van der Waals surface area contributed by atoms with Crippen molar-refractivity contribution in [2.24, 2.45) is 0 Å². The van der Waals surface area contributed by atoms with Crippen LogP contribution >= 0.6 is 0 Å². The zero-order chi connectivity index (χ0) is 17.3. The molecule has 0 aliphatic rings. The van der Waals surface area contributed by atoms with Crippen LogP contribution in [0.4, 0.5) is 0 Å². The Bertz CT molecular complexity index is 790. The molecule has 3 aromatic rings. The fourth-order valence-electron chi connectivity index (χ4n) is 2.15. The van der Waals surface area contributed by atoms with Gasteiger partial charge in [0.2, 0.25) is 17.6 Å². The van der Waals surface area contributed by atoms with E-state index in [1.807, 2.05) is 30.3 Å². The molecule has 128 valence electrons. The summed E-state index contributed by atoms with van der Waals surface area (Å²) in [6.07, 6.45) is 4.32. The number of aromatic nitrogens is 3. The Morgan fingerprint density at radius 1 is 1.12 bits per heavy atom. The van der Waals surface area contributed by atoms with Gasteiger partial charge in [0.15, 0.2) is 0 Å². The van der Waals surface area contributed by atoms with Crippen molar-refractivity contribution in [2.45, 2.75) is 19.4 Å². The molecule has 2 heterocycles. The molecule has 0 saturated carbocycles. The lowest BCUT2D eigenvalue weighted by molar-refractivity contribution is -0.121. The minimum atomic E-state index is -0.0830. The smallest absolute Gasteiger partial charge is 0.246 e. The van der Waals surface area contributed by atoms with Gasteiger partial charge in [-0.15, -0.1) is 0 Å². The van der Waals surface area contributed by atoms with Crippen LogP contribution in [0.15, 0.2) is 59.4 Å². The first-order valence-electron chi connectivity index (χ1n) is 7.99. The van der Waals surface area contributed by atoms with Gasteiger partial charge < -0.3 is 14.6 Å². The number of amides is 1. The molecule has 7 nitrogen and oxygen atoms in total. The predicted octanol–water partition coefficient (Wildman–Crippen LogP) is 2.61. The first-order chi connectivity index (χ1) is 12.3. The highest BCUT2D eigenvalue weighted by atomic mass is 16.5. The topological polar surface area (TPSA) is 90.1 Å². The van der Waals surface area contributed by atoms with E-state index in [0.717, 1.165) is 11.3 Å². The van der Waals surface area contributed by atoms with Gasteiger partial charge in [0.1, 0.15) is 5.75 Å². The van der Waals surface area contributed by atoms with Crippen LogP contribution < -0.4 is 10.1 Å². The first kappa shape index (κ1) is 16.6. The van der Waals surface area contributed by atoms with Crippen LogP contribution in [0.2, 0.25) is 0 Å². The molecular formula is C18H18N4O3. The number of pyridine rings is 1. The van der Waals surface area contributed by atoms with Gasteiger partial charge in [0, 0.05) is 24.4 Å². The van der Waals surface area contributed by atoms with Crippen LogP contribution in [0.1, 0.15) is 18.7 Å². The van der Waals surface area contributed by atoms with Crippen molar-refractivity contribution in [1.29, 1.82) is 0 Å². The number of hydrogen-bond donors (Lipinski definition) is 1. The Hall–Kier alpha value is -3.22. The third-order valence-corrected chi connectivity index (χ3v) is 3.40. The number of nitrogens with one attached hydrogen (secondary N) is 1. The molecule has 0 fully saturated rings. The van der Waals surface area contributed by atoms with Gasteiger partial charge in [0.05, 0.1) is 13.2 Å². The molecule has 25 heavy (non-hydrogen) atoms. The summed E-state index contributed by atoms with van der Waals surface area (Å²) in [5.41, 5.74) is 0.814. The monoisotopic (exact) mass is 338 g/mol. The standard InChI is InChI=1S/C18H18N4O3/c23-16(7-4-12-24-15-5-2-1-3-6-15)20-13-17-21-18(22-25-17)14-8-10-19-11-9-14/h1-3,5-6,8-11H,4,7,12-13H2,(H,20,23). The molecule has 0 atom stereocenters. The lowest BCUT2D eigenvalue weighted by Crippen LogP contribution is -2.23. The molecule has 0 unspecified atom stereocenters. The fraction of sp³-hybridized carbons (Fsp3) is 0.222. The zero-order valence-corrected chi connectivity index (χ0v) is 13.6. The summed E-state index contributed by atoms with van der Waals surface area (Å²) in [5, 5.41) is 6.65. The number of carbonyl (C=O) groups excluding carboxylic acids is 1. The van der Waals surface area contributed by atoms with Gasteiger partial charge in [-0.05, 0) is 30.7 Å². The van der Waals surface area contributed by atoms with Crippen molar-refractivity contribution < 1.29 is 14.1 Å². The average molecular weight is 338 g/mol. The Labute approximate surface area is 145 Å². The van der Waals surface area contributed by atoms with Crippen molar-refractivity contribution in [1.82, 2.24) is 20.4 Å². The summed E-state index contributed by atoms with van der Waals surface area (Å²) in [5.74, 6) is 1.56. The van der Waals surface area contributed by atoms with Crippen LogP contribution in [0.25, 0.3) is 11.4 Å². The zero-order valence-electron chi connectivity index (χ0n) is 13.6. The van der Waals surface area contributed by atoms with Crippen LogP contribution in [0, 0.1) is 0 Å². The third kappa shape index (κ3) is 5.13. The summed E-state index contributed by atoms with van der Waals surface area (Å²) in [6.45, 7) is 0.695. The molecule has 7 heteroatoms. The maximum absolute atomic E-state index is 11.8. The maximum Gasteiger partial charge on any atom is 0.246 e. The summed E-state index contributed by atoms with van der Waals surface area (Å²) in [6, 6.07) is 13.1. The number of rotatable bonds is 8. The van der Waals surface area contributed by atoms with Crippen molar-refractivity contribution in [3.63, 3.8) is 0 Å². The summed E-state index contributed by atoms with van der Waals surface area (Å²) in [7, 11) is 0. The van der Waals surface area contributed by atoms with E-state index < -0.39 is 0 Å². The molecule has 1 aromatic carbocycles. The second-order valence-corrected chi connectivity index (χ2v) is 5.29. The van der Waals surface area contributed by atoms with Crippen molar-refractivity contribution in [3.05, 3.63) is 60.7 Å². The molecule has 3 rings (SSSR count). The summed E-state index contributed by atoms with van der Waals surface area (Å²) < 4.78 is 10.7. The van der Waals surface area contributed by atoms with Crippen molar-refractivity contribution in [2.75, 3.05) is 6.61 Å². The second-order valence-electron chi connectivity index (χ2n) is 5.29. The van der Waals surface area contributed by atoms with Crippen LogP contribution in [0.3, 0.4) is 0 Å². The molecule has 1 N–H and O–H groups in total. The Balaban J connectivity index is 1.37. The molecule has 0 aliphatic carbocycles. The molecule has 2 aromatic heterocycles. The highest BCUT2D eigenvalue weighted by Crippen LogP contribution is 2.13. The Kier molecular flexibility index (Phi) is 5.71. The minimum Gasteiger partial charge on any atom is -0.494 e. The summed E-state index contributed by atoms with van der Waals surface area (Å²) in [4.78, 5) is 20.0. The highest BCUT2D eigenvalue weighted by molar-refractivity contribution is 5.75. The lowest BCUT2D eigenvalue weighted by atomic mass is 10.2. The van der Waals surface area contributed by atoms with E-state index in [0.29, 0.717) is 31.2 Å². The summed E-state index contributed by atoms with van der Waals surface area (Å²) >= 11 is 0. The third-order valence-electron chi connectivity index (χ3n) is 3.40. The molecule has 0 bridgehead atoms. The quantitative estimate of drug-likeness (QED) is 0.635. The lowest BCUT2D eigenvalue weighted by Gasteiger charge is -2.05. The van der Waals surface area contributed by atoms with E-state index in [2.05, 4.69) is 20.4 Å². The number of para-hydroxylation sites is 1. The molecule has 0 spiro atoms. The number of nitrogens with zero attached hydrogens (tertiary/aromatic N) is 3. The number of hydrogen-bond acceptors (Lipinski definition) is 6. The maximum atomic E-state index is 11.8. The van der Waals surface area contributed by atoms with Gasteiger partial charge in [-0.3, -0.25) is 9.78 Å². The van der Waals surface area contributed by atoms with Crippen LogP contribution in [-0.2, 0) is 11.3 Å². The fourth-order valence-corrected chi connectivity index (χ4v) is 2.15. The minimum absolute atomic E-state index is 0.0830. The Morgan fingerprint density at radius 3 is 2.72 bits per heavy atom. The molecule has 0 saturated heterocycles. The molecule has 0 aliphatic heterocycles. The number of benzene rings is 1. The van der Waals surface area contributed by atoms with Crippen LogP contribution in [0.5, 0.6) is 5.75 Å². The molecular weight excluding hydrogens is 320 g/mol. The highest BCUT2D eigenvalue weighted by Gasteiger charge is 2.09. The van der Waals surface area contributed by atoms with Crippen LogP contribution in [-0.4, -0.2) is 27.6 Å². The first-order valence-corrected chi connectivity index (χ1v) is 7.99.